The third-order valence-corrected chi connectivity index (χ3v) is 3.73. The minimum Gasteiger partial charge on any atom is -0.480 e. The highest BCUT2D eigenvalue weighted by Crippen LogP contribution is 2.16. The van der Waals surface area contributed by atoms with Crippen LogP contribution in [0, 0.1) is 0 Å². The van der Waals surface area contributed by atoms with E-state index in [9.17, 15) is 14.7 Å². The van der Waals surface area contributed by atoms with Gasteiger partial charge >= 0.3 is 12.1 Å². The Kier molecular flexibility index (Phi) is 7.02. The minimum atomic E-state index is -1.21. The van der Waals surface area contributed by atoms with Gasteiger partial charge < -0.3 is 24.6 Å². The Bertz CT molecular complexity index is 529. The third-order valence-electron chi connectivity index (χ3n) is 3.73. The summed E-state index contributed by atoms with van der Waals surface area (Å²) in [6, 6.07) is 7.94. The standard InChI is InChI=1S/C17H23NO6/c1-12(24-14-9-5-6-10-22-14)15(16(19)20)18-17(21)23-11-13-7-3-2-4-8-13/h2-4,7-8,12,14-15H,5-6,9-11H2,1H3,(H,18,21)(H,19,20). The fraction of sp³-hybridized carbons (Fsp3) is 0.529. The van der Waals surface area contributed by atoms with Gasteiger partial charge in [-0.05, 0) is 31.7 Å². The summed E-state index contributed by atoms with van der Waals surface area (Å²) in [6.45, 7) is 2.26. The second-order valence-electron chi connectivity index (χ2n) is 5.66. The molecule has 1 amide bonds. The number of rotatable bonds is 7. The Morgan fingerprint density at radius 1 is 1.33 bits per heavy atom. The maximum atomic E-state index is 11.8. The first-order valence-electron chi connectivity index (χ1n) is 8.03. The Morgan fingerprint density at radius 2 is 2.08 bits per heavy atom. The fourth-order valence-electron chi connectivity index (χ4n) is 2.41. The lowest BCUT2D eigenvalue weighted by atomic mass is 10.1. The zero-order valence-electron chi connectivity index (χ0n) is 13.6. The molecule has 3 unspecified atom stereocenters. The van der Waals surface area contributed by atoms with Gasteiger partial charge in [0.15, 0.2) is 12.3 Å². The van der Waals surface area contributed by atoms with Gasteiger partial charge in [-0.2, -0.15) is 0 Å². The van der Waals surface area contributed by atoms with E-state index >= 15 is 0 Å². The van der Waals surface area contributed by atoms with Crippen molar-refractivity contribution >= 4 is 12.1 Å². The molecule has 1 fully saturated rings. The van der Waals surface area contributed by atoms with E-state index in [1.165, 1.54) is 0 Å². The van der Waals surface area contributed by atoms with E-state index in [2.05, 4.69) is 5.32 Å². The van der Waals surface area contributed by atoms with Gasteiger partial charge in [-0.15, -0.1) is 0 Å². The van der Waals surface area contributed by atoms with E-state index in [1.807, 2.05) is 30.3 Å². The molecular formula is C17H23NO6. The first-order chi connectivity index (χ1) is 11.6. The van der Waals surface area contributed by atoms with Crippen LogP contribution in [0.15, 0.2) is 30.3 Å². The number of carboxylic acids is 1. The highest BCUT2D eigenvalue weighted by atomic mass is 16.7. The van der Waals surface area contributed by atoms with E-state index in [0.717, 1.165) is 24.8 Å². The lowest BCUT2D eigenvalue weighted by Crippen LogP contribution is -2.50. The molecule has 24 heavy (non-hydrogen) atoms. The largest absolute Gasteiger partial charge is 0.480 e. The molecule has 7 heteroatoms. The van der Waals surface area contributed by atoms with E-state index < -0.39 is 30.5 Å². The van der Waals surface area contributed by atoms with Crippen LogP contribution in [0.4, 0.5) is 4.79 Å². The summed E-state index contributed by atoms with van der Waals surface area (Å²) in [5.41, 5.74) is 0.819. The molecule has 1 aromatic carbocycles. The number of benzene rings is 1. The topological polar surface area (TPSA) is 94.1 Å². The van der Waals surface area contributed by atoms with Gasteiger partial charge in [0.05, 0.1) is 6.10 Å². The van der Waals surface area contributed by atoms with Crippen molar-refractivity contribution in [3.05, 3.63) is 35.9 Å². The van der Waals surface area contributed by atoms with Crippen LogP contribution < -0.4 is 5.32 Å². The van der Waals surface area contributed by atoms with Gasteiger partial charge in [0.1, 0.15) is 6.61 Å². The molecule has 2 rings (SSSR count). The lowest BCUT2D eigenvalue weighted by molar-refractivity contribution is -0.193. The summed E-state index contributed by atoms with van der Waals surface area (Å²) in [5, 5.41) is 11.7. The Labute approximate surface area is 140 Å². The zero-order valence-corrected chi connectivity index (χ0v) is 13.6. The van der Waals surface area contributed by atoms with E-state index in [-0.39, 0.29) is 6.61 Å². The summed E-state index contributed by atoms with van der Waals surface area (Å²) in [6.07, 6.45) is 0.691. The molecule has 0 radical (unpaired) electrons. The van der Waals surface area contributed by atoms with Crippen molar-refractivity contribution in [2.24, 2.45) is 0 Å². The number of carbonyl (C=O) groups is 2. The predicted molar refractivity (Wildman–Crippen MR) is 85.3 cm³/mol. The summed E-state index contributed by atoms with van der Waals surface area (Å²) in [4.78, 5) is 23.2. The number of carbonyl (C=O) groups excluding carboxylic acids is 1. The molecule has 1 aromatic rings. The van der Waals surface area contributed by atoms with E-state index in [4.69, 9.17) is 14.2 Å². The summed E-state index contributed by atoms with van der Waals surface area (Å²) >= 11 is 0. The molecule has 132 valence electrons. The molecule has 7 nitrogen and oxygen atoms in total. The lowest BCUT2D eigenvalue weighted by Gasteiger charge is -2.28. The van der Waals surface area contributed by atoms with Crippen LogP contribution in [0.3, 0.4) is 0 Å². The Balaban J connectivity index is 1.82. The van der Waals surface area contributed by atoms with Gasteiger partial charge in [0, 0.05) is 6.61 Å². The first kappa shape index (κ1) is 18.2. The minimum absolute atomic E-state index is 0.0694. The van der Waals surface area contributed by atoms with Crippen molar-refractivity contribution in [1.29, 1.82) is 0 Å². The average Bonchev–Trinajstić information content (AvgIpc) is 2.59. The highest BCUT2D eigenvalue weighted by molar-refractivity contribution is 5.80. The number of carboxylic acid groups (broad SMARTS) is 1. The van der Waals surface area contributed by atoms with Crippen LogP contribution in [0.25, 0.3) is 0 Å². The number of amides is 1. The van der Waals surface area contributed by atoms with Crippen LogP contribution in [0.5, 0.6) is 0 Å². The molecule has 0 spiro atoms. The molecule has 0 bridgehead atoms. The highest BCUT2D eigenvalue weighted by Gasteiger charge is 2.30. The van der Waals surface area contributed by atoms with Crippen molar-refractivity contribution < 1.29 is 28.9 Å². The molecule has 1 aliphatic heterocycles. The van der Waals surface area contributed by atoms with E-state index in [0.29, 0.717) is 6.61 Å². The van der Waals surface area contributed by atoms with Crippen LogP contribution in [0.1, 0.15) is 31.7 Å². The van der Waals surface area contributed by atoms with Gasteiger partial charge in [-0.1, -0.05) is 30.3 Å². The number of hydrogen-bond donors (Lipinski definition) is 2. The Hall–Kier alpha value is -2.12. The molecule has 2 N–H and O–H groups in total. The maximum Gasteiger partial charge on any atom is 0.408 e. The van der Waals surface area contributed by atoms with Crippen molar-refractivity contribution in [2.45, 2.75) is 51.2 Å². The maximum absolute atomic E-state index is 11.8. The first-order valence-corrected chi connectivity index (χ1v) is 8.03. The molecular weight excluding hydrogens is 314 g/mol. The number of alkyl carbamates (subject to hydrolysis) is 1. The van der Waals surface area contributed by atoms with Crippen molar-refractivity contribution in [3.63, 3.8) is 0 Å². The molecule has 3 atom stereocenters. The molecule has 0 saturated carbocycles. The molecule has 1 aliphatic rings. The second-order valence-corrected chi connectivity index (χ2v) is 5.66. The normalized spacial score (nSPS) is 20.0. The summed E-state index contributed by atoms with van der Waals surface area (Å²) < 4.78 is 16.1. The fourth-order valence-corrected chi connectivity index (χ4v) is 2.41. The number of nitrogens with one attached hydrogen (secondary N) is 1. The number of aliphatic carboxylic acids is 1. The van der Waals surface area contributed by atoms with E-state index in [1.54, 1.807) is 6.92 Å². The monoisotopic (exact) mass is 337 g/mol. The number of hydrogen-bond acceptors (Lipinski definition) is 5. The van der Waals surface area contributed by atoms with Gasteiger partial charge in [0.2, 0.25) is 0 Å². The van der Waals surface area contributed by atoms with Crippen molar-refractivity contribution in [1.82, 2.24) is 5.32 Å². The van der Waals surface area contributed by atoms with Gasteiger partial charge in [-0.25, -0.2) is 9.59 Å². The van der Waals surface area contributed by atoms with Crippen LogP contribution in [0.2, 0.25) is 0 Å². The van der Waals surface area contributed by atoms with Crippen LogP contribution in [-0.2, 0) is 25.6 Å². The summed E-state index contributed by atoms with van der Waals surface area (Å²) in [5.74, 6) is -1.19. The summed E-state index contributed by atoms with van der Waals surface area (Å²) in [7, 11) is 0. The van der Waals surface area contributed by atoms with Crippen LogP contribution in [-0.4, -0.2) is 42.2 Å². The van der Waals surface area contributed by atoms with Crippen molar-refractivity contribution in [3.8, 4) is 0 Å². The Morgan fingerprint density at radius 3 is 2.71 bits per heavy atom. The smallest absolute Gasteiger partial charge is 0.408 e. The predicted octanol–water partition coefficient (Wildman–Crippen LogP) is 2.30. The second kappa shape index (κ2) is 9.24. The quantitative estimate of drug-likeness (QED) is 0.793. The third kappa shape index (κ3) is 5.82. The van der Waals surface area contributed by atoms with Gasteiger partial charge in [-0.3, -0.25) is 0 Å². The molecule has 0 aliphatic carbocycles. The van der Waals surface area contributed by atoms with Crippen molar-refractivity contribution in [2.75, 3.05) is 6.61 Å². The zero-order chi connectivity index (χ0) is 17.4. The van der Waals surface area contributed by atoms with Gasteiger partial charge in [0.25, 0.3) is 0 Å². The number of ether oxygens (including phenoxy) is 3. The van der Waals surface area contributed by atoms with Crippen LogP contribution >= 0.6 is 0 Å². The molecule has 1 heterocycles. The molecule has 1 saturated heterocycles. The SMILES string of the molecule is CC(OC1CCCCO1)C(NC(=O)OCc1ccccc1)C(=O)O. The average molecular weight is 337 g/mol. The molecule has 0 aromatic heterocycles.